The summed E-state index contributed by atoms with van der Waals surface area (Å²) in [5, 5.41) is 2.75. The Bertz CT molecular complexity index is 822. The Morgan fingerprint density at radius 2 is 1.93 bits per heavy atom. The molecule has 0 radical (unpaired) electrons. The maximum Gasteiger partial charge on any atom is 0.211 e. The lowest BCUT2D eigenvalue weighted by molar-refractivity contribution is -0.105. The monoisotopic (exact) mass is 365 g/mol. The molecule has 2 fully saturated rings. The van der Waals surface area contributed by atoms with Gasteiger partial charge in [-0.25, -0.2) is 0 Å². The number of hydrogen-bond donors (Lipinski definition) is 1. The molecular formula is C23H27NO3. The van der Waals surface area contributed by atoms with Crippen molar-refractivity contribution in [2.45, 2.75) is 45.8 Å². The van der Waals surface area contributed by atoms with E-state index in [9.17, 15) is 4.79 Å². The topological polar surface area (TPSA) is 47.6 Å². The number of carbonyl (C=O) groups excluding carboxylic acids is 1. The maximum absolute atomic E-state index is 10.9. The van der Waals surface area contributed by atoms with Gasteiger partial charge >= 0.3 is 0 Å². The van der Waals surface area contributed by atoms with E-state index in [-0.39, 0.29) is 0 Å². The second kappa shape index (κ2) is 7.73. The van der Waals surface area contributed by atoms with E-state index < -0.39 is 0 Å². The Kier molecular flexibility index (Phi) is 5.17. The molecule has 0 aliphatic heterocycles. The fraction of sp³-hybridized carbons (Fsp3) is 0.435. The van der Waals surface area contributed by atoms with Crippen molar-refractivity contribution in [1.82, 2.24) is 0 Å². The molecule has 2 aromatic rings. The molecular weight excluding hydrogens is 338 g/mol. The number of amides is 1. The van der Waals surface area contributed by atoms with Gasteiger partial charge in [0.2, 0.25) is 6.41 Å². The van der Waals surface area contributed by atoms with Crippen LogP contribution in [0.15, 0.2) is 36.4 Å². The van der Waals surface area contributed by atoms with Crippen LogP contribution in [0.2, 0.25) is 0 Å². The Labute approximate surface area is 160 Å². The molecule has 2 aliphatic rings. The van der Waals surface area contributed by atoms with E-state index in [1.54, 1.807) is 0 Å². The van der Waals surface area contributed by atoms with Crippen molar-refractivity contribution < 1.29 is 14.3 Å². The SMILES string of the molecule is CCOc1cccc(-c2ccc(NC=O)cc2COC2CC3CC3C2)c1C. The molecule has 142 valence electrons. The van der Waals surface area contributed by atoms with Crippen LogP contribution in [0.4, 0.5) is 5.69 Å². The summed E-state index contributed by atoms with van der Waals surface area (Å²) in [4.78, 5) is 10.9. The second-order valence-corrected chi connectivity index (χ2v) is 7.66. The number of hydrogen-bond acceptors (Lipinski definition) is 3. The average molecular weight is 365 g/mol. The number of fused-ring (bicyclic) bond motifs is 1. The zero-order valence-corrected chi connectivity index (χ0v) is 16.0. The summed E-state index contributed by atoms with van der Waals surface area (Å²) in [5.41, 5.74) is 5.29. The van der Waals surface area contributed by atoms with E-state index in [1.165, 1.54) is 19.3 Å². The van der Waals surface area contributed by atoms with Gasteiger partial charge in [0.05, 0.1) is 19.3 Å². The van der Waals surface area contributed by atoms with E-state index in [1.807, 2.05) is 31.2 Å². The highest BCUT2D eigenvalue weighted by molar-refractivity contribution is 5.78. The summed E-state index contributed by atoms with van der Waals surface area (Å²) in [5.74, 6) is 2.72. The van der Waals surface area contributed by atoms with Crippen molar-refractivity contribution in [3.8, 4) is 16.9 Å². The van der Waals surface area contributed by atoms with Crippen molar-refractivity contribution in [3.63, 3.8) is 0 Å². The average Bonchev–Trinajstić information content (AvgIpc) is 3.28. The van der Waals surface area contributed by atoms with Gasteiger partial charge in [-0.1, -0.05) is 18.2 Å². The molecule has 2 saturated carbocycles. The van der Waals surface area contributed by atoms with Crippen molar-refractivity contribution in [1.29, 1.82) is 0 Å². The number of anilines is 1. The molecule has 2 unspecified atom stereocenters. The van der Waals surface area contributed by atoms with E-state index >= 15 is 0 Å². The van der Waals surface area contributed by atoms with Crippen molar-refractivity contribution in [2.75, 3.05) is 11.9 Å². The summed E-state index contributed by atoms with van der Waals surface area (Å²) in [7, 11) is 0. The molecule has 1 amide bonds. The molecule has 1 N–H and O–H groups in total. The van der Waals surface area contributed by atoms with Gasteiger partial charge in [-0.05, 0) is 85.4 Å². The number of benzene rings is 2. The molecule has 4 heteroatoms. The van der Waals surface area contributed by atoms with Crippen LogP contribution in [0.3, 0.4) is 0 Å². The number of nitrogens with one attached hydrogen (secondary N) is 1. The third-order valence-electron chi connectivity index (χ3n) is 5.88. The molecule has 4 nitrogen and oxygen atoms in total. The van der Waals surface area contributed by atoms with Gasteiger partial charge in [0.1, 0.15) is 5.75 Å². The predicted octanol–water partition coefficient (Wildman–Crippen LogP) is 4.94. The first-order valence-corrected chi connectivity index (χ1v) is 9.87. The highest BCUT2D eigenvalue weighted by Crippen LogP contribution is 2.52. The van der Waals surface area contributed by atoms with E-state index in [4.69, 9.17) is 9.47 Å². The normalized spacial score (nSPS) is 23.0. The molecule has 27 heavy (non-hydrogen) atoms. The second-order valence-electron chi connectivity index (χ2n) is 7.66. The summed E-state index contributed by atoms with van der Waals surface area (Å²) < 4.78 is 12.0. The summed E-state index contributed by atoms with van der Waals surface area (Å²) in [6, 6.07) is 12.2. The van der Waals surface area contributed by atoms with Crippen LogP contribution < -0.4 is 10.1 Å². The Balaban J connectivity index is 1.62. The molecule has 0 bridgehead atoms. The van der Waals surface area contributed by atoms with E-state index in [2.05, 4.69) is 24.4 Å². The Hall–Kier alpha value is -2.33. The van der Waals surface area contributed by atoms with Gasteiger partial charge in [0.25, 0.3) is 0 Å². The Morgan fingerprint density at radius 3 is 2.67 bits per heavy atom. The smallest absolute Gasteiger partial charge is 0.211 e. The fourth-order valence-corrected chi connectivity index (χ4v) is 4.35. The molecule has 2 atom stereocenters. The molecule has 0 aromatic heterocycles. The third kappa shape index (κ3) is 3.86. The fourth-order valence-electron chi connectivity index (χ4n) is 4.35. The van der Waals surface area contributed by atoms with E-state index in [0.29, 0.717) is 25.7 Å². The highest BCUT2D eigenvalue weighted by atomic mass is 16.5. The Morgan fingerprint density at radius 1 is 1.11 bits per heavy atom. The molecule has 0 heterocycles. The van der Waals surface area contributed by atoms with Crippen LogP contribution in [0, 0.1) is 18.8 Å². The minimum absolute atomic E-state index is 0.375. The van der Waals surface area contributed by atoms with Gasteiger partial charge in [0.15, 0.2) is 0 Å². The van der Waals surface area contributed by atoms with Gasteiger partial charge < -0.3 is 14.8 Å². The quantitative estimate of drug-likeness (QED) is 0.674. The molecule has 2 aliphatic carbocycles. The molecule has 2 aromatic carbocycles. The lowest BCUT2D eigenvalue weighted by atomic mass is 9.95. The highest BCUT2D eigenvalue weighted by Gasteiger charge is 2.46. The minimum Gasteiger partial charge on any atom is -0.494 e. The molecule has 0 saturated heterocycles. The number of rotatable bonds is 8. The van der Waals surface area contributed by atoms with Crippen LogP contribution in [0.1, 0.15) is 37.3 Å². The summed E-state index contributed by atoms with van der Waals surface area (Å²) in [6.45, 7) is 5.29. The van der Waals surface area contributed by atoms with Crippen molar-refractivity contribution in [2.24, 2.45) is 11.8 Å². The maximum atomic E-state index is 10.9. The first-order valence-electron chi connectivity index (χ1n) is 9.87. The standard InChI is InChI=1S/C23H27NO3/c1-3-26-23-6-4-5-21(15(23)2)22-8-7-19(24-14-25)10-18(22)13-27-20-11-16-9-17(16)12-20/h4-8,10,14,16-17,20H,3,9,11-13H2,1-2H3,(H,24,25). The summed E-state index contributed by atoms with van der Waals surface area (Å²) >= 11 is 0. The molecule has 4 rings (SSSR count). The van der Waals surface area contributed by atoms with Gasteiger partial charge in [0, 0.05) is 5.69 Å². The first kappa shape index (κ1) is 18.1. The van der Waals surface area contributed by atoms with Crippen LogP contribution in [0.5, 0.6) is 5.75 Å². The van der Waals surface area contributed by atoms with Gasteiger partial charge in [-0.3, -0.25) is 4.79 Å². The zero-order chi connectivity index (χ0) is 18.8. The van der Waals surface area contributed by atoms with Crippen molar-refractivity contribution in [3.05, 3.63) is 47.5 Å². The lowest BCUT2D eigenvalue weighted by Gasteiger charge is -2.18. The lowest BCUT2D eigenvalue weighted by Crippen LogP contribution is -2.11. The number of carbonyl (C=O) groups is 1. The third-order valence-corrected chi connectivity index (χ3v) is 5.88. The van der Waals surface area contributed by atoms with Gasteiger partial charge in [-0.15, -0.1) is 0 Å². The summed E-state index contributed by atoms with van der Waals surface area (Å²) in [6.07, 6.45) is 4.88. The van der Waals surface area contributed by atoms with Crippen LogP contribution in [-0.2, 0) is 16.1 Å². The van der Waals surface area contributed by atoms with Crippen LogP contribution >= 0.6 is 0 Å². The van der Waals surface area contributed by atoms with Crippen molar-refractivity contribution >= 4 is 12.1 Å². The van der Waals surface area contributed by atoms with Crippen LogP contribution in [-0.4, -0.2) is 19.1 Å². The minimum atomic E-state index is 0.375. The van der Waals surface area contributed by atoms with E-state index in [0.717, 1.165) is 45.5 Å². The predicted molar refractivity (Wildman–Crippen MR) is 107 cm³/mol. The molecule has 0 spiro atoms. The number of ether oxygens (including phenoxy) is 2. The first-order chi connectivity index (χ1) is 13.2. The largest absolute Gasteiger partial charge is 0.494 e. The van der Waals surface area contributed by atoms with Crippen LogP contribution in [0.25, 0.3) is 11.1 Å². The zero-order valence-electron chi connectivity index (χ0n) is 16.0. The van der Waals surface area contributed by atoms with Gasteiger partial charge in [-0.2, -0.15) is 0 Å².